The fourth-order valence-electron chi connectivity index (χ4n) is 2.86. The summed E-state index contributed by atoms with van der Waals surface area (Å²) < 4.78 is 0. The lowest BCUT2D eigenvalue weighted by molar-refractivity contribution is -0.120. The topological polar surface area (TPSA) is 41.1 Å². The lowest BCUT2D eigenvalue weighted by atomic mass is 10.1. The van der Waals surface area contributed by atoms with E-state index in [0.717, 1.165) is 12.1 Å². The van der Waals surface area contributed by atoms with Gasteiger partial charge in [-0.2, -0.15) is 0 Å². The molecule has 21 heavy (non-hydrogen) atoms. The van der Waals surface area contributed by atoms with Gasteiger partial charge in [0, 0.05) is 24.2 Å². The van der Waals surface area contributed by atoms with Gasteiger partial charge in [-0.1, -0.05) is 49.4 Å². The average molecular weight is 309 g/mol. The molecule has 0 bridgehead atoms. The summed E-state index contributed by atoms with van der Waals surface area (Å²) in [5.41, 5.74) is 0.955. The molecule has 1 fully saturated rings. The van der Waals surface area contributed by atoms with Crippen LogP contribution in [0, 0.1) is 0 Å². The molecule has 0 aromatic heterocycles. The van der Waals surface area contributed by atoms with Crippen LogP contribution in [0.4, 0.5) is 0 Å². The summed E-state index contributed by atoms with van der Waals surface area (Å²) >= 11 is 5.91. The fourth-order valence-corrected chi connectivity index (χ4v) is 3.07. The first-order chi connectivity index (χ1) is 10.2. The van der Waals surface area contributed by atoms with Crippen LogP contribution < -0.4 is 10.6 Å². The second-order valence-corrected chi connectivity index (χ2v) is 6.24. The predicted molar refractivity (Wildman–Crippen MR) is 87.7 cm³/mol. The van der Waals surface area contributed by atoms with E-state index in [9.17, 15) is 4.79 Å². The third-order valence-electron chi connectivity index (χ3n) is 3.99. The zero-order valence-corrected chi connectivity index (χ0v) is 13.3. The van der Waals surface area contributed by atoms with Crippen molar-refractivity contribution in [3.8, 4) is 0 Å². The zero-order valence-electron chi connectivity index (χ0n) is 12.5. The number of rotatable bonds is 6. The van der Waals surface area contributed by atoms with Gasteiger partial charge in [-0.3, -0.25) is 4.79 Å². The van der Waals surface area contributed by atoms with Gasteiger partial charge in [-0.15, -0.1) is 0 Å². The maximum absolute atomic E-state index is 11.8. The molecule has 116 valence electrons. The molecule has 1 saturated carbocycles. The highest BCUT2D eigenvalue weighted by Crippen LogP contribution is 2.16. The van der Waals surface area contributed by atoms with E-state index in [1.165, 1.54) is 38.5 Å². The highest BCUT2D eigenvalue weighted by Gasteiger charge is 2.11. The SMILES string of the molecule is O=C(Cc1cccc(Cl)c1)NCCNC1CCCCCC1. The summed E-state index contributed by atoms with van der Waals surface area (Å²) in [6, 6.07) is 8.09. The Morgan fingerprint density at radius 3 is 2.62 bits per heavy atom. The molecular weight excluding hydrogens is 284 g/mol. The first-order valence-corrected chi connectivity index (χ1v) is 8.36. The molecule has 3 nitrogen and oxygen atoms in total. The third-order valence-corrected chi connectivity index (χ3v) is 4.22. The molecule has 1 aliphatic carbocycles. The Balaban J connectivity index is 1.60. The number of amides is 1. The number of carbonyl (C=O) groups excluding carboxylic acids is 1. The van der Waals surface area contributed by atoms with Crippen molar-refractivity contribution in [2.75, 3.05) is 13.1 Å². The zero-order chi connectivity index (χ0) is 14.9. The molecule has 1 aromatic carbocycles. The minimum atomic E-state index is 0.0555. The minimum Gasteiger partial charge on any atom is -0.355 e. The van der Waals surface area contributed by atoms with Crippen molar-refractivity contribution < 1.29 is 4.79 Å². The molecule has 0 radical (unpaired) electrons. The van der Waals surface area contributed by atoms with Crippen molar-refractivity contribution in [3.05, 3.63) is 34.9 Å². The summed E-state index contributed by atoms with van der Waals surface area (Å²) in [7, 11) is 0. The molecule has 2 N–H and O–H groups in total. The molecule has 0 spiro atoms. The highest BCUT2D eigenvalue weighted by atomic mass is 35.5. The molecular formula is C17H25ClN2O. The quantitative estimate of drug-likeness (QED) is 0.625. The van der Waals surface area contributed by atoms with E-state index in [1.807, 2.05) is 24.3 Å². The van der Waals surface area contributed by atoms with Crippen LogP contribution in [0.2, 0.25) is 5.02 Å². The van der Waals surface area contributed by atoms with Gasteiger partial charge in [0.15, 0.2) is 0 Å². The van der Waals surface area contributed by atoms with Crippen molar-refractivity contribution in [1.29, 1.82) is 0 Å². The lowest BCUT2D eigenvalue weighted by Gasteiger charge is -2.16. The van der Waals surface area contributed by atoms with Gasteiger partial charge in [0.05, 0.1) is 6.42 Å². The molecule has 1 amide bonds. The number of hydrogen-bond acceptors (Lipinski definition) is 2. The van der Waals surface area contributed by atoms with Crippen LogP contribution >= 0.6 is 11.6 Å². The van der Waals surface area contributed by atoms with Crippen molar-refractivity contribution in [3.63, 3.8) is 0 Å². The van der Waals surface area contributed by atoms with Gasteiger partial charge >= 0.3 is 0 Å². The standard InChI is InChI=1S/C17H25ClN2O/c18-15-7-5-6-14(12-15)13-17(21)20-11-10-19-16-8-3-1-2-4-9-16/h5-7,12,16,19H,1-4,8-11,13H2,(H,20,21). The molecule has 4 heteroatoms. The Labute approximate surface area is 132 Å². The molecule has 0 unspecified atom stereocenters. The van der Waals surface area contributed by atoms with E-state index < -0.39 is 0 Å². The predicted octanol–water partition coefficient (Wildman–Crippen LogP) is 3.31. The Morgan fingerprint density at radius 2 is 1.90 bits per heavy atom. The summed E-state index contributed by atoms with van der Waals surface area (Å²) in [4.78, 5) is 11.8. The lowest BCUT2D eigenvalue weighted by Crippen LogP contribution is -2.37. The van der Waals surface area contributed by atoms with Gasteiger partial charge in [0.1, 0.15) is 0 Å². The molecule has 2 rings (SSSR count). The van der Waals surface area contributed by atoms with E-state index in [2.05, 4.69) is 10.6 Å². The molecule has 1 aliphatic rings. The van der Waals surface area contributed by atoms with Gasteiger partial charge in [-0.05, 0) is 30.5 Å². The molecule has 1 aromatic rings. The number of hydrogen-bond donors (Lipinski definition) is 2. The number of benzene rings is 1. The van der Waals surface area contributed by atoms with Gasteiger partial charge in [-0.25, -0.2) is 0 Å². The Hall–Kier alpha value is -1.06. The van der Waals surface area contributed by atoms with Crippen LogP contribution in [0.1, 0.15) is 44.1 Å². The fraction of sp³-hybridized carbons (Fsp3) is 0.588. The second-order valence-electron chi connectivity index (χ2n) is 5.80. The van der Waals surface area contributed by atoms with E-state index in [1.54, 1.807) is 0 Å². The summed E-state index contributed by atoms with van der Waals surface area (Å²) in [6.45, 7) is 1.54. The van der Waals surface area contributed by atoms with Crippen LogP contribution in [-0.2, 0) is 11.2 Å². The van der Waals surface area contributed by atoms with Crippen LogP contribution in [0.5, 0.6) is 0 Å². The Morgan fingerprint density at radius 1 is 1.14 bits per heavy atom. The van der Waals surface area contributed by atoms with Crippen LogP contribution in [0.3, 0.4) is 0 Å². The number of halogens is 1. The van der Waals surface area contributed by atoms with Crippen LogP contribution in [-0.4, -0.2) is 25.0 Å². The number of nitrogens with one attached hydrogen (secondary N) is 2. The van der Waals surface area contributed by atoms with Gasteiger partial charge in [0.2, 0.25) is 5.91 Å². The summed E-state index contributed by atoms with van der Waals surface area (Å²) in [5, 5.41) is 7.19. The van der Waals surface area contributed by atoms with E-state index in [-0.39, 0.29) is 5.91 Å². The van der Waals surface area contributed by atoms with E-state index >= 15 is 0 Å². The molecule has 0 saturated heterocycles. The third kappa shape index (κ3) is 6.49. The van der Waals surface area contributed by atoms with Crippen molar-refractivity contribution >= 4 is 17.5 Å². The maximum atomic E-state index is 11.8. The summed E-state index contributed by atoms with van der Waals surface area (Å²) in [6.07, 6.45) is 8.34. The Bertz CT molecular complexity index is 442. The van der Waals surface area contributed by atoms with E-state index in [4.69, 9.17) is 11.6 Å². The van der Waals surface area contributed by atoms with Crippen LogP contribution in [0.15, 0.2) is 24.3 Å². The second kappa shape index (κ2) is 9.06. The first-order valence-electron chi connectivity index (χ1n) is 7.98. The summed E-state index contributed by atoms with van der Waals surface area (Å²) in [5.74, 6) is 0.0555. The van der Waals surface area contributed by atoms with Crippen molar-refractivity contribution in [2.45, 2.75) is 51.0 Å². The average Bonchev–Trinajstić information content (AvgIpc) is 2.72. The number of carbonyl (C=O) groups is 1. The smallest absolute Gasteiger partial charge is 0.224 e. The molecule has 0 atom stereocenters. The van der Waals surface area contributed by atoms with E-state index in [0.29, 0.717) is 24.0 Å². The Kier molecular flexibility index (Phi) is 7.04. The molecule has 0 aliphatic heterocycles. The van der Waals surface area contributed by atoms with Gasteiger partial charge in [0.25, 0.3) is 0 Å². The monoisotopic (exact) mass is 308 g/mol. The maximum Gasteiger partial charge on any atom is 0.224 e. The van der Waals surface area contributed by atoms with Crippen molar-refractivity contribution in [1.82, 2.24) is 10.6 Å². The normalized spacial score (nSPS) is 16.4. The van der Waals surface area contributed by atoms with Crippen LogP contribution in [0.25, 0.3) is 0 Å². The first kappa shape index (κ1) is 16.3. The molecule has 0 heterocycles. The minimum absolute atomic E-state index is 0.0555. The largest absolute Gasteiger partial charge is 0.355 e. The van der Waals surface area contributed by atoms with Crippen molar-refractivity contribution in [2.24, 2.45) is 0 Å². The van der Waals surface area contributed by atoms with Gasteiger partial charge < -0.3 is 10.6 Å². The highest BCUT2D eigenvalue weighted by molar-refractivity contribution is 6.30.